The molecule has 5 heteroatoms. The maximum atomic E-state index is 13.2. The number of aryl methyl sites for hydroxylation is 2. The fourth-order valence-electron chi connectivity index (χ4n) is 3.31. The van der Waals surface area contributed by atoms with Crippen molar-refractivity contribution in [1.82, 2.24) is 10.2 Å². The van der Waals surface area contributed by atoms with Gasteiger partial charge in [0.1, 0.15) is 6.04 Å². The highest BCUT2D eigenvalue weighted by atomic mass is 79.9. The van der Waals surface area contributed by atoms with Gasteiger partial charge in [-0.25, -0.2) is 0 Å². The van der Waals surface area contributed by atoms with E-state index in [1.807, 2.05) is 50.2 Å². The van der Waals surface area contributed by atoms with E-state index in [9.17, 15) is 9.59 Å². The summed E-state index contributed by atoms with van der Waals surface area (Å²) in [6.07, 6.45) is 0.276. The molecule has 0 fully saturated rings. The van der Waals surface area contributed by atoms with E-state index in [4.69, 9.17) is 0 Å². The molecule has 2 aromatic carbocycles. The highest BCUT2D eigenvalue weighted by molar-refractivity contribution is 9.10. The summed E-state index contributed by atoms with van der Waals surface area (Å²) in [7, 11) is 0. The molecule has 0 heterocycles. The van der Waals surface area contributed by atoms with Gasteiger partial charge in [0.2, 0.25) is 11.8 Å². The molecule has 0 saturated heterocycles. The van der Waals surface area contributed by atoms with Crippen LogP contribution in [0.25, 0.3) is 0 Å². The van der Waals surface area contributed by atoms with Gasteiger partial charge >= 0.3 is 0 Å². The van der Waals surface area contributed by atoms with Crippen LogP contribution < -0.4 is 5.32 Å². The minimum atomic E-state index is -0.550. The zero-order chi connectivity index (χ0) is 21.6. The molecule has 0 aromatic heterocycles. The Balaban J connectivity index is 2.24. The van der Waals surface area contributed by atoms with E-state index < -0.39 is 6.04 Å². The molecule has 0 aliphatic carbocycles. The summed E-state index contributed by atoms with van der Waals surface area (Å²) in [5.41, 5.74) is 4.22. The molecule has 2 aromatic rings. The van der Waals surface area contributed by atoms with E-state index in [0.29, 0.717) is 19.0 Å². The summed E-state index contributed by atoms with van der Waals surface area (Å²) < 4.78 is 0.952. The highest BCUT2D eigenvalue weighted by Gasteiger charge is 2.26. The van der Waals surface area contributed by atoms with Crippen LogP contribution in [0, 0.1) is 19.8 Å². The third-order valence-electron chi connectivity index (χ3n) is 4.73. The van der Waals surface area contributed by atoms with E-state index in [2.05, 4.69) is 41.2 Å². The van der Waals surface area contributed by atoms with Gasteiger partial charge in [-0.2, -0.15) is 0 Å². The van der Waals surface area contributed by atoms with Crippen LogP contribution in [-0.4, -0.2) is 29.3 Å². The zero-order valence-electron chi connectivity index (χ0n) is 18.0. The summed E-state index contributed by atoms with van der Waals surface area (Å²) in [5, 5.41) is 2.95. The van der Waals surface area contributed by atoms with E-state index in [0.717, 1.165) is 26.7 Å². The third kappa shape index (κ3) is 7.32. The molecule has 0 radical (unpaired) electrons. The third-order valence-corrected chi connectivity index (χ3v) is 5.22. The van der Waals surface area contributed by atoms with E-state index in [1.165, 1.54) is 0 Å². The Hall–Kier alpha value is -2.14. The van der Waals surface area contributed by atoms with Gasteiger partial charge in [0.25, 0.3) is 0 Å². The van der Waals surface area contributed by atoms with Crippen LogP contribution in [-0.2, 0) is 22.6 Å². The summed E-state index contributed by atoms with van der Waals surface area (Å²) in [4.78, 5) is 27.6. The second-order valence-corrected chi connectivity index (χ2v) is 9.05. The van der Waals surface area contributed by atoms with Gasteiger partial charge in [-0.15, -0.1) is 0 Å². The van der Waals surface area contributed by atoms with E-state index >= 15 is 0 Å². The molecule has 0 aliphatic rings. The molecule has 0 unspecified atom stereocenters. The first kappa shape index (κ1) is 23.1. The van der Waals surface area contributed by atoms with Gasteiger partial charge in [-0.1, -0.05) is 71.2 Å². The maximum absolute atomic E-state index is 13.2. The predicted octanol–water partition coefficient (Wildman–Crippen LogP) is 4.80. The molecular formula is C24H31BrN2O2. The van der Waals surface area contributed by atoms with Crippen molar-refractivity contribution in [3.05, 3.63) is 69.2 Å². The summed E-state index contributed by atoms with van der Waals surface area (Å²) in [6.45, 7) is 10.9. The lowest BCUT2D eigenvalue weighted by molar-refractivity contribution is -0.140. The summed E-state index contributed by atoms with van der Waals surface area (Å²) in [5.74, 6) is 0.181. The molecule has 0 saturated carbocycles. The molecule has 156 valence electrons. The second kappa shape index (κ2) is 10.6. The van der Waals surface area contributed by atoms with Gasteiger partial charge in [-0.3, -0.25) is 9.59 Å². The fourth-order valence-corrected chi connectivity index (χ4v) is 3.76. The van der Waals surface area contributed by atoms with Crippen LogP contribution in [0.1, 0.15) is 43.0 Å². The molecule has 1 atom stereocenters. The monoisotopic (exact) mass is 458 g/mol. The molecule has 0 bridgehead atoms. The van der Waals surface area contributed by atoms with Crippen LogP contribution in [0.5, 0.6) is 0 Å². The lowest BCUT2D eigenvalue weighted by Gasteiger charge is -2.29. The number of carbonyl (C=O) groups excluding carboxylic acids is 2. The summed E-state index contributed by atoms with van der Waals surface area (Å²) >= 11 is 3.48. The number of hydrogen-bond acceptors (Lipinski definition) is 2. The van der Waals surface area contributed by atoms with Crippen molar-refractivity contribution in [1.29, 1.82) is 0 Å². The fraction of sp³-hybridized carbons (Fsp3) is 0.417. The van der Waals surface area contributed by atoms with Gasteiger partial charge in [-0.05, 0) is 49.9 Å². The number of rotatable bonds is 8. The Bertz CT molecular complexity index is 843. The average Bonchev–Trinajstić information content (AvgIpc) is 2.62. The SMILES string of the molecule is Cc1cc(C)cc(CC(=O)N(Cc2cccc(Br)c2)[C@H](C)C(=O)NCC(C)C)c1. The lowest BCUT2D eigenvalue weighted by Crippen LogP contribution is -2.48. The van der Waals surface area contributed by atoms with Gasteiger partial charge in [0.05, 0.1) is 6.42 Å². The number of carbonyl (C=O) groups is 2. The lowest BCUT2D eigenvalue weighted by atomic mass is 10.0. The standard InChI is InChI=1S/C24H31BrN2O2/c1-16(2)14-26-24(29)19(5)27(15-20-7-6-8-22(25)12-20)23(28)13-21-10-17(3)9-18(4)11-21/h6-12,16,19H,13-15H2,1-5H3,(H,26,29)/t19-/m1/s1. The quantitative estimate of drug-likeness (QED) is 0.617. The van der Waals surface area contributed by atoms with Crippen LogP contribution >= 0.6 is 15.9 Å². The van der Waals surface area contributed by atoms with Crippen molar-refractivity contribution in [3.63, 3.8) is 0 Å². The Labute approximate surface area is 182 Å². The predicted molar refractivity (Wildman–Crippen MR) is 122 cm³/mol. The Morgan fingerprint density at radius 3 is 2.24 bits per heavy atom. The summed E-state index contributed by atoms with van der Waals surface area (Å²) in [6, 6.07) is 13.5. The van der Waals surface area contributed by atoms with Crippen molar-refractivity contribution in [2.45, 2.75) is 53.6 Å². The first-order valence-electron chi connectivity index (χ1n) is 10.0. The molecule has 4 nitrogen and oxygen atoms in total. The topological polar surface area (TPSA) is 49.4 Å². The molecular weight excluding hydrogens is 428 g/mol. The molecule has 0 spiro atoms. The smallest absolute Gasteiger partial charge is 0.242 e. The van der Waals surface area contributed by atoms with Crippen molar-refractivity contribution in [2.24, 2.45) is 5.92 Å². The van der Waals surface area contributed by atoms with Crippen molar-refractivity contribution in [2.75, 3.05) is 6.54 Å². The molecule has 2 amide bonds. The number of halogens is 1. The van der Waals surface area contributed by atoms with Gasteiger partial charge in [0.15, 0.2) is 0 Å². The highest BCUT2D eigenvalue weighted by Crippen LogP contribution is 2.17. The Morgan fingerprint density at radius 1 is 1.00 bits per heavy atom. The Kier molecular flexibility index (Phi) is 8.45. The van der Waals surface area contributed by atoms with Crippen molar-refractivity contribution in [3.8, 4) is 0 Å². The van der Waals surface area contributed by atoms with Crippen molar-refractivity contribution < 1.29 is 9.59 Å². The normalized spacial score (nSPS) is 12.0. The van der Waals surface area contributed by atoms with E-state index in [-0.39, 0.29) is 18.2 Å². The Morgan fingerprint density at radius 2 is 1.66 bits per heavy atom. The number of nitrogens with one attached hydrogen (secondary N) is 1. The molecule has 29 heavy (non-hydrogen) atoms. The largest absolute Gasteiger partial charge is 0.354 e. The second-order valence-electron chi connectivity index (χ2n) is 8.14. The van der Waals surface area contributed by atoms with Crippen LogP contribution in [0.3, 0.4) is 0 Å². The first-order valence-corrected chi connectivity index (χ1v) is 10.8. The van der Waals surface area contributed by atoms with Crippen LogP contribution in [0.15, 0.2) is 46.9 Å². The average molecular weight is 459 g/mol. The zero-order valence-corrected chi connectivity index (χ0v) is 19.5. The van der Waals surface area contributed by atoms with Gasteiger partial charge < -0.3 is 10.2 Å². The molecule has 1 N–H and O–H groups in total. The minimum absolute atomic E-state index is 0.0535. The first-order chi connectivity index (χ1) is 13.7. The van der Waals surface area contributed by atoms with E-state index in [1.54, 1.807) is 11.8 Å². The number of nitrogens with zero attached hydrogens (tertiary/aromatic N) is 1. The number of benzene rings is 2. The molecule has 2 rings (SSSR count). The van der Waals surface area contributed by atoms with Crippen LogP contribution in [0.2, 0.25) is 0 Å². The van der Waals surface area contributed by atoms with Crippen molar-refractivity contribution >= 4 is 27.7 Å². The van der Waals surface area contributed by atoms with Crippen LogP contribution in [0.4, 0.5) is 0 Å². The minimum Gasteiger partial charge on any atom is -0.354 e. The maximum Gasteiger partial charge on any atom is 0.242 e. The number of amides is 2. The van der Waals surface area contributed by atoms with Gasteiger partial charge in [0, 0.05) is 17.6 Å². The molecule has 0 aliphatic heterocycles. The number of hydrogen-bond donors (Lipinski definition) is 1.